The number of nitrogens with zero attached hydrogens (tertiary/aromatic N) is 2. The van der Waals surface area contributed by atoms with Crippen LogP contribution in [-0.4, -0.2) is 22.7 Å². The maximum Gasteiger partial charge on any atom is 0.322 e. The lowest BCUT2D eigenvalue weighted by molar-refractivity contribution is -0.118. The molecule has 0 radical (unpaired) electrons. The second-order valence-corrected chi connectivity index (χ2v) is 3.95. The highest BCUT2D eigenvalue weighted by Gasteiger charge is 2.10. The molecule has 0 spiro atoms. The summed E-state index contributed by atoms with van der Waals surface area (Å²) in [5.74, 6) is -0.440. The fourth-order valence-electron chi connectivity index (χ4n) is 1.24. The van der Waals surface area contributed by atoms with Gasteiger partial charge in [0.05, 0.1) is 5.02 Å². The van der Waals surface area contributed by atoms with Gasteiger partial charge in [-0.1, -0.05) is 16.7 Å². The summed E-state index contributed by atoms with van der Waals surface area (Å²) in [6, 6.07) is 3.59. The fraction of sp³-hybridized carbons (Fsp3) is 0.182. The zero-order valence-electron chi connectivity index (χ0n) is 9.81. The zero-order valence-corrected chi connectivity index (χ0v) is 10.6. The molecule has 1 amide bonds. The Kier molecular flexibility index (Phi) is 3.96. The maximum absolute atomic E-state index is 12.8. The summed E-state index contributed by atoms with van der Waals surface area (Å²) in [6.07, 6.45) is 0. The molecule has 19 heavy (non-hydrogen) atoms. The van der Waals surface area contributed by atoms with Crippen LogP contribution in [0, 0.1) is 12.7 Å². The second-order valence-electron chi connectivity index (χ2n) is 3.54. The molecule has 6 nitrogen and oxygen atoms in total. The van der Waals surface area contributed by atoms with Crippen LogP contribution in [0.3, 0.4) is 0 Å². The molecule has 0 saturated carbocycles. The molecule has 2 aromatic rings. The summed E-state index contributed by atoms with van der Waals surface area (Å²) in [7, 11) is 0. The van der Waals surface area contributed by atoms with E-state index in [1.807, 2.05) is 0 Å². The molecule has 0 aliphatic heterocycles. The molecule has 0 saturated heterocycles. The Hall–Kier alpha value is -2.15. The van der Waals surface area contributed by atoms with E-state index in [9.17, 15) is 9.18 Å². The van der Waals surface area contributed by atoms with E-state index in [2.05, 4.69) is 15.5 Å². The Morgan fingerprint density at radius 2 is 2.32 bits per heavy atom. The number of hydrogen-bond acceptors (Lipinski definition) is 5. The van der Waals surface area contributed by atoms with E-state index in [-0.39, 0.29) is 23.4 Å². The first kappa shape index (κ1) is 13.3. The van der Waals surface area contributed by atoms with Gasteiger partial charge in [0, 0.05) is 6.92 Å². The average molecular weight is 286 g/mol. The molecule has 100 valence electrons. The molecule has 1 aromatic carbocycles. The molecule has 0 atom stereocenters. The number of anilines is 1. The highest BCUT2D eigenvalue weighted by atomic mass is 35.5. The Bertz CT molecular complexity index is 603. The first-order valence-electron chi connectivity index (χ1n) is 5.22. The van der Waals surface area contributed by atoms with Crippen molar-refractivity contribution in [2.24, 2.45) is 0 Å². The number of ether oxygens (including phenoxy) is 1. The number of amides is 1. The number of halogens is 2. The lowest BCUT2D eigenvalue weighted by Crippen LogP contribution is -2.20. The van der Waals surface area contributed by atoms with Crippen LogP contribution in [0.5, 0.6) is 5.75 Å². The fourth-order valence-corrected chi connectivity index (χ4v) is 1.46. The number of aryl methyl sites for hydroxylation is 1. The van der Waals surface area contributed by atoms with Gasteiger partial charge in [0.25, 0.3) is 5.91 Å². The van der Waals surface area contributed by atoms with Crippen molar-refractivity contribution in [2.75, 3.05) is 11.9 Å². The van der Waals surface area contributed by atoms with Gasteiger partial charge < -0.3 is 9.15 Å². The van der Waals surface area contributed by atoms with Gasteiger partial charge in [-0.3, -0.25) is 10.1 Å². The molecule has 1 aromatic heterocycles. The van der Waals surface area contributed by atoms with E-state index in [1.54, 1.807) is 6.92 Å². The van der Waals surface area contributed by atoms with Gasteiger partial charge in [-0.2, -0.15) is 0 Å². The lowest BCUT2D eigenvalue weighted by Gasteiger charge is -2.06. The van der Waals surface area contributed by atoms with Crippen LogP contribution < -0.4 is 10.1 Å². The van der Waals surface area contributed by atoms with E-state index < -0.39 is 11.7 Å². The number of rotatable bonds is 4. The van der Waals surface area contributed by atoms with Crippen molar-refractivity contribution in [2.45, 2.75) is 6.92 Å². The summed E-state index contributed by atoms with van der Waals surface area (Å²) in [5.41, 5.74) is 0. The normalized spacial score (nSPS) is 10.3. The first-order valence-corrected chi connectivity index (χ1v) is 5.60. The number of hydrogen-bond donors (Lipinski definition) is 1. The van der Waals surface area contributed by atoms with Gasteiger partial charge in [0.1, 0.15) is 11.6 Å². The minimum atomic E-state index is -0.496. The Balaban J connectivity index is 1.89. The van der Waals surface area contributed by atoms with Crippen LogP contribution in [0.2, 0.25) is 5.02 Å². The molecule has 0 bridgehead atoms. The largest absolute Gasteiger partial charge is 0.482 e. The minimum Gasteiger partial charge on any atom is -0.482 e. The van der Waals surface area contributed by atoms with Crippen molar-refractivity contribution in [1.29, 1.82) is 0 Å². The molecule has 8 heteroatoms. The second kappa shape index (κ2) is 5.66. The smallest absolute Gasteiger partial charge is 0.322 e. The lowest BCUT2D eigenvalue weighted by atomic mass is 10.3. The van der Waals surface area contributed by atoms with Crippen molar-refractivity contribution in [3.63, 3.8) is 0 Å². The average Bonchev–Trinajstić information content (AvgIpc) is 2.73. The number of carbonyl (C=O) groups is 1. The molecule has 0 aliphatic rings. The molecule has 0 aliphatic carbocycles. The van der Waals surface area contributed by atoms with Crippen molar-refractivity contribution in [3.8, 4) is 5.75 Å². The minimum absolute atomic E-state index is 0.0173. The van der Waals surface area contributed by atoms with Crippen LogP contribution in [-0.2, 0) is 4.79 Å². The summed E-state index contributed by atoms with van der Waals surface area (Å²) in [5, 5.41) is 9.56. The molecule has 0 unspecified atom stereocenters. The third-order valence-electron chi connectivity index (χ3n) is 2.03. The van der Waals surface area contributed by atoms with Crippen molar-refractivity contribution in [1.82, 2.24) is 10.2 Å². The number of nitrogens with one attached hydrogen (secondary N) is 1. The topological polar surface area (TPSA) is 77.2 Å². The van der Waals surface area contributed by atoms with Crippen LogP contribution in [0.15, 0.2) is 22.6 Å². The van der Waals surface area contributed by atoms with Crippen molar-refractivity contribution >= 4 is 23.5 Å². The third-order valence-corrected chi connectivity index (χ3v) is 2.32. The SMILES string of the molecule is Cc1nnc(NC(=O)COc2ccc(F)cc2Cl)o1. The van der Waals surface area contributed by atoms with Crippen LogP contribution in [0.1, 0.15) is 5.89 Å². The van der Waals surface area contributed by atoms with E-state index in [1.165, 1.54) is 12.1 Å². The monoisotopic (exact) mass is 285 g/mol. The maximum atomic E-state index is 12.8. The summed E-state index contributed by atoms with van der Waals surface area (Å²) in [6.45, 7) is 1.28. The Morgan fingerprint density at radius 1 is 1.53 bits per heavy atom. The number of benzene rings is 1. The standard InChI is InChI=1S/C11H9ClFN3O3/c1-6-15-16-11(19-6)14-10(17)5-18-9-3-2-7(13)4-8(9)12/h2-4H,5H2,1H3,(H,14,16,17). The number of aromatic nitrogens is 2. The first-order chi connectivity index (χ1) is 9.04. The highest BCUT2D eigenvalue weighted by Crippen LogP contribution is 2.24. The van der Waals surface area contributed by atoms with Gasteiger partial charge in [0.2, 0.25) is 5.89 Å². The molecule has 1 heterocycles. The summed E-state index contributed by atoms with van der Waals surface area (Å²) >= 11 is 5.74. The molecular weight excluding hydrogens is 277 g/mol. The Morgan fingerprint density at radius 3 is 2.95 bits per heavy atom. The van der Waals surface area contributed by atoms with Crippen molar-refractivity contribution in [3.05, 3.63) is 34.9 Å². The van der Waals surface area contributed by atoms with Crippen molar-refractivity contribution < 1.29 is 18.3 Å². The predicted molar refractivity (Wildman–Crippen MR) is 64.6 cm³/mol. The van der Waals surface area contributed by atoms with Crippen LogP contribution in [0.4, 0.5) is 10.4 Å². The predicted octanol–water partition coefficient (Wildman–Crippen LogP) is 2.19. The quantitative estimate of drug-likeness (QED) is 0.932. The van der Waals surface area contributed by atoms with Gasteiger partial charge in [-0.25, -0.2) is 4.39 Å². The van der Waals surface area contributed by atoms with Gasteiger partial charge in [-0.05, 0) is 18.2 Å². The molecule has 0 fully saturated rings. The van der Waals surface area contributed by atoms with Gasteiger partial charge in [0.15, 0.2) is 6.61 Å². The summed E-state index contributed by atoms with van der Waals surface area (Å²) < 4.78 is 22.9. The molecule has 1 N–H and O–H groups in total. The Labute approximate surface area is 112 Å². The third kappa shape index (κ3) is 3.65. The van der Waals surface area contributed by atoms with Crippen LogP contribution in [0.25, 0.3) is 0 Å². The van der Waals surface area contributed by atoms with E-state index in [0.29, 0.717) is 5.89 Å². The van der Waals surface area contributed by atoms with Gasteiger partial charge in [-0.15, -0.1) is 5.10 Å². The van der Waals surface area contributed by atoms with Gasteiger partial charge >= 0.3 is 6.01 Å². The summed E-state index contributed by atoms with van der Waals surface area (Å²) in [4.78, 5) is 11.5. The molecular formula is C11H9ClFN3O3. The van der Waals surface area contributed by atoms with E-state index in [4.69, 9.17) is 20.8 Å². The molecule has 2 rings (SSSR count). The van der Waals surface area contributed by atoms with Crippen LogP contribution >= 0.6 is 11.6 Å². The zero-order chi connectivity index (χ0) is 13.8. The number of carbonyl (C=O) groups excluding carboxylic acids is 1. The van der Waals surface area contributed by atoms with E-state index >= 15 is 0 Å². The highest BCUT2D eigenvalue weighted by molar-refractivity contribution is 6.32. The van der Waals surface area contributed by atoms with E-state index in [0.717, 1.165) is 6.07 Å².